The van der Waals surface area contributed by atoms with Crippen molar-refractivity contribution in [3.8, 4) is 17.0 Å². The Hall–Kier alpha value is -2.77. The highest BCUT2D eigenvalue weighted by atomic mass is 32.2. The highest BCUT2D eigenvalue weighted by Gasteiger charge is 2.14. The molecule has 27 heavy (non-hydrogen) atoms. The van der Waals surface area contributed by atoms with Gasteiger partial charge in [-0.2, -0.15) is 0 Å². The van der Waals surface area contributed by atoms with Gasteiger partial charge in [0.05, 0.1) is 16.7 Å². The van der Waals surface area contributed by atoms with Crippen molar-refractivity contribution in [1.29, 1.82) is 0 Å². The summed E-state index contributed by atoms with van der Waals surface area (Å²) < 4.78 is 33.2. The molecule has 0 atom stereocenters. The Morgan fingerprint density at radius 2 is 1.85 bits per heavy atom. The lowest BCUT2D eigenvalue weighted by Crippen LogP contribution is -2.23. The molecule has 7 heteroatoms. The first-order valence-corrected chi connectivity index (χ1v) is 10.0. The molecule has 0 saturated heterocycles. The van der Waals surface area contributed by atoms with E-state index < -0.39 is 10.0 Å². The molecule has 2 heterocycles. The summed E-state index contributed by atoms with van der Waals surface area (Å²) in [5.41, 5.74) is 2.44. The van der Waals surface area contributed by atoms with E-state index in [1.807, 2.05) is 32.0 Å². The number of rotatable bonds is 7. The van der Waals surface area contributed by atoms with Crippen molar-refractivity contribution >= 4 is 10.0 Å². The van der Waals surface area contributed by atoms with Crippen LogP contribution in [0.3, 0.4) is 0 Å². The molecule has 6 nitrogen and oxygen atoms in total. The topological polar surface area (TPSA) is 81.2 Å². The minimum Gasteiger partial charge on any atom is -0.491 e. The van der Waals surface area contributed by atoms with Crippen molar-refractivity contribution in [3.05, 3.63) is 72.7 Å². The maximum atomic E-state index is 12.5. The van der Waals surface area contributed by atoms with Crippen LogP contribution >= 0.6 is 0 Å². The van der Waals surface area contributed by atoms with Crippen molar-refractivity contribution in [2.75, 3.05) is 0 Å². The van der Waals surface area contributed by atoms with Gasteiger partial charge in [-0.25, -0.2) is 13.1 Å². The molecule has 0 aliphatic carbocycles. The predicted molar refractivity (Wildman–Crippen MR) is 104 cm³/mol. The van der Waals surface area contributed by atoms with Crippen molar-refractivity contribution in [2.45, 2.75) is 31.4 Å². The van der Waals surface area contributed by atoms with Gasteiger partial charge in [0.25, 0.3) is 0 Å². The van der Waals surface area contributed by atoms with Gasteiger partial charge in [0, 0.05) is 30.7 Å². The van der Waals surface area contributed by atoms with E-state index in [1.54, 1.807) is 36.8 Å². The second-order valence-corrected chi connectivity index (χ2v) is 8.02. The fraction of sp³-hybridized carbons (Fsp3) is 0.200. The third kappa shape index (κ3) is 5.12. The van der Waals surface area contributed by atoms with Crippen LogP contribution in [0, 0.1) is 0 Å². The van der Waals surface area contributed by atoms with Crippen molar-refractivity contribution in [1.82, 2.24) is 14.7 Å². The number of benzene rings is 1. The Bertz CT molecular complexity index is 988. The summed E-state index contributed by atoms with van der Waals surface area (Å²) >= 11 is 0. The summed E-state index contributed by atoms with van der Waals surface area (Å²) in [5, 5.41) is 0. The SMILES string of the molecule is CC(C)Oc1ccc(S(=O)(=O)NCc2ccnc(-c3cccnc3)c2)cc1. The van der Waals surface area contributed by atoms with Crippen molar-refractivity contribution in [3.63, 3.8) is 0 Å². The van der Waals surface area contributed by atoms with Gasteiger partial charge in [-0.05, 0) is 67.9 Å². The first-order valence-electron chi connectivity index (χ1n) is 8.56. The van der Waals surface area contributed by atoms with Gasteiger partial charge in [-0.3, -0.25) is 9.97 Å². The normalized spacial score (nSPS) is 11.5. The molecule has 0 aliphatic rings. The average molecular weight is 383 g/mol. The molecule has 3 rings (SSSR count). The smallest absolute Gasteiger partial charge is 0.240 e. The van der Waals surface area contributed by atoms with Crippen LogP contribution in [0.5, 0.6) is 5.75 Å². The van der Waals surface area contributed by atoms with Gasteiger partial charge in [-0.15, -0.1) is 0 Å². The van der Waals surface area contributed by atoms with E-state index in [9.17, 15) is 8.42 Å². The van der Waals surface area contributed by atoms with Crippen molar-refractivity contribution < 1.29 is 13.2 Å². The first kappa shape index (κ1) is 19.0. The summed E-state index contributed by atoms with van der Waals surface area (Å²) in [7, 11) is -3.62. The second-order valence-electron chi connectivity index (χ2n) is 6.25. The molecule has 0 amide bonds. The van der Waals surface area contributed by atoms with Gasteiger partial charge in [-0.1, -0.05) is 0 Å². The fourth-order valence-electron chi connectivity index (χ4n) is 2.49. The third-order valence-corrected chi connectivity index (χ3v) is 5.17. The van der Waals surface area contributed by atoms with E-state index in [2.05, 4.69) is 14.7 Å². The van der Waals surface area contributed by atoms with E-state index in [0.29, 0.717) is 5.75 Å². The number of aromatic nitrogens is 2. The zero-order valence-electron chi connectivity index (χ0n) is 15.2. The predicted octanol–water partition coefficient (Wildman–Crippen LogP) is 3.41. The van der Waals surface area contributed by atoms with E-state index in [1.165, 1.54) is 12.1 Å². The van der Waals surface area contributed by atoms with Gasteiger partial charge >= 0.3 is 0 Å². The molecule has 1 aromatic carbocycles. The van der Waals surface area contributed by atoms with Gasteiger partial charge in [0.15, 0.2) is 0 Å². The van der Waals surface area contributed by atoms with Gasteiger partial charge < -0.3 is 4.74 Å². The zero-order chi connectivity index (χ0) is 19.3. The third-order valence-electron chi connectivity index (χ3n) is 3.75. The number of nitrogens with zero attached hydrogens (tertiary/aromatic N) is 2. The zero-order valence-corrected chi connectivity index (χ0v) is 16.0. The molecular formula is C20H21N3O3S. The number of sulfonamides is 1. The molecule has 3 aromatic rings. The Labute approximate surface area is 159 Å². The highest BCUT2D eigenvalue weighted by molar-refractivity contribution is 7.89. The molecule has 0 spiro atoms. The lowest BCUT2D eigenvalue weighted by Gasteiger charge is -2.11. The molecule has 0 aliphatic heterocycles. The van der Waals surface area contributed by atoms with E-state index in [4.69, 9.17) is 4.74 Å². The average Bonchev–Trinajstić information content (AvgIpc) is 2.67. The lowest BCUT2D eigenvalue weighted by molar-refractivity contribution is 0.242. The Balaban J connectivity index is 1.70. The number of ether oxygens (including phenoxy) is 1. The summed E-state index contributed by atoms with van der Waals surface area (Å²) in [5.74, 6) is 0.638. The van der Waals surface area contributed by atoms with Crippen LogP contribution in [-0.4, -0.2) is 24.5 Å². The number of pyridine rings is 2. The Morgan fingerprint density at radius 3 is 2.52 bits per heavy atom. The number of hydrogen-bond donors (Lipinski definition) is 1. The van der Waals surface area contributed by atoms with E-state index in [0.717, 1.165) is 16.8 Å². The van der Waals surface area contributed by atoms with Crippen LogP contribution < -0.4 is 9.46 Å². The molecule has 0 unspecified atom stereocenters. The molecule has 0 radical (unpaired) electrons. The summed E-state index contributed by atoms with van der Waals surface area (Å²) in [6.45, 7) is 4.00. The Morgan fingerprint density at radius 1 is 1.07 bits per heavy atom. The van der Waals surface area contributed by atoms with Gasteiger partial charge in [0.2, 0.25) is 10.0 Å². The first-order chi connectivity index (χ1) is 12.9. The van der Waals surface area contributed by atoms with E-state index in [-0.39, 0.29) is 17.5 Å². The number of hydrogen-bond acceptors (Lipinski definition) is 5. The summed E-state index contributed by atoms with van der Waals surface area (Å²) in [6, 6.07) is 13.7. The van der Waals surface area contributed by atoms with Crippen molar-refractivity contribution in [2.24, 2.45) is 0 Å². The molecule has 0 bridgehead atoms. The standard InChI is InChI=1S/C20H21N3O3S/c1-15(2)26-18-5-7-19(8-6-18)27(24,25)23-13-16-9-11-22-20(12-16)17-4-3-10-21-14-17/h3-12,14-15,23H,13H2,1-2H3. The Kier molecular flexibility index (Phi) is 5.83. The maximum absolute atomic E-state index is 12.5. The van der Waals surface area contributed by atoms with E-state index >= 15 is 0 Å². The van der Waals surface area contributed by atoms with Gasteiger partial charge in [0.1, 0.15) is 5.75 Å². The minimum absolute atomic E-state index is 0.0336. The van der Waals surface area contributed by atoms with Crippen LogP contribution in [0.1, 0.15) is 19.4 Å². The largest absolute Gasteiger partial charge is 0.491 e. The monoisotopic (exact) mass is 383 g/mol. The van der Waals surface area contributed by atoms with Crippen LogP contribution in [-0.2, 0) is 16.6 Å². The molecular weight excluding hydrogens is 362 g/mol. The summed E-state index contributed by atoms with van der Waals surface area (Å²) in [6.07, 6.45) is 5.10. The molecule has 140 valence electrons. The second kappa shape index (κ2) is 8.28. The van der Waals surface area contributed by atoms with Crippen LogP contribution in [0.4, 0.5) is 0 Å². The minimum atomic E-state index is -3.62. The van der Waals surface area contributed by atoms with Crippen LogP contribution in [0.15, 0.2) is 72.0 Å². The maximum Gasteiger partial charge on any atom is 0.240 e. The lowest BCUT2D eigenvalue weighted by atomic mass is 10.1. The summed E-state index contributed by atoms with van der Waals surface area (Å²) in [4.78, 5) is 8.59. The molecule has 1 N–H and O–H groups in total. The van der Waals surface area contributed by atoms with Crippen LogP contribution in [0.2, 0.25) is 0 Å². The molecule has 2 aromatic heterocycles. The molecule has 0 saturated carbocycles. The highest BCUT2D eigenvalue weighted by Crippen LogP contribution is 2.19. The quantitative estimate of drug-likeness (QED) is 0.676. The van der Waals surface area contributed by atoms with Crippen LogP contribution in [0.25, 0.3) is 11.3 Å². The number of nitrogens with one attached hydrogen (secondary N) is 1. The molecule has 0 fully saturated rings. The fourth-order valence-corrected chi connectivity index (χ4v) is 3.51.